The molecule has 0 bridgehead atoms. The molecule has 1 aliphatic carbocycles. The molecule has 1 aromatic heterocycles. The minimum atomic E-state index is -0.801. The van der Waals surface area contributed by atoms with E-state index in [0.717, 1.165) is 25.7 Å². The Morgan fingerprint density at radius 1 is 1.33 bits per heavy atom. The summed E-state index contributed by atoms with van der Waals surface area (Å²) in [6.07, 6.45) is 4.59. The van der Waals surface area contributed by atoms with E-state index in [2.05, 4.69) is 16.8 Å². The van der Waals surface area contributed by atoms with Gasteiger partial charge in [0.05, 0.1) is 12.0 Å². The number of carboxylic acid groups (broad SMARTS) is 1. The first-order valence-electron chi connectivity index (χ1n) is 7.49. The lowest BCUT2D eigenvalue weighted by molar-refractivity contribution is -0.143. The number of fused-ring (bicyclic) bond motifs is 1. The quantitative estimate of drug-likeness (QED) is 0.882. The molecule has 2 unspecified atom stereocenters. The molecule has 0 radical (unpaired) electrons. The molecule has 1 aromatic rings. The molecule has 6 heteroatoms. The van der Waals surface area contributed by atoms with Crippen LogP contribution < -0.4 is 5.32 Å². The second-order valence-corrected chi connectivity index (χ2v) is 6.82. The number of piperidine rings is 1. The summed E-state index contributed by atoms with van der Waals surface area (Å²) in [6, 6.07) is 2.06. The van der Waals surface area contributed by atoms with Gasteiger partial charge in [-0.2, -0.15) is 0 Å². The summed E-state index contributed by atoms with van der Waals surface area (Å²) in [4.78, 5) is 26.5. The molecule has 2 atom stereocenters. The van der Waals surface area contributed by atoms with Gasteiger partial charge in [0.25, 0.3) is 0 Å². The molecule has 0 aromatic carbocycles. The van der Waals surface area contributed by atoms with Crippen molar-refractivity contribution in [2.24, 2.45) is 5.92 Å². The Bertz CT molecular complexity index is 543. The average molecular weight is 308 g/mol. The van der Waals surface area contributed by atoms with Crippen molar-refractivity contribution in [1.29, 1.82) is 0 Å². The number of hydrogen-bond acceptors (Lipinski definition) is 3. The third kappa shape index (κ3) is 3.05. The van der Waals surface area contributed by atoms with E-state index < -0.39 is 11.9 Å². The van der Waals surface area contributed by atoms with Crippen molar-refractivity contribution in [3.8, 4) is 0 Å². The second-order valence-electron chi connectivity index (χ2n) is 5.82. The predicted molar refractivity (Wildman–Crippen MR) is 80.5 cm³/mol. The summed E-state index contributed by atoms with van der Waals surface area (Å²) >= 11 is 1.75. The molecule has 0 saturated carbocycles. The fourth-order valence-electron chi connectivity index (χ4n) is 3.24. The smallest absolute Gasteiger partial charge is 0.317 e. The number of carboxylic acids is 1. The Balaban J connectivity index is 1.63. The molecule has 5 nitrogen and oxygen atoms in total. The van der Waals surface area contributed by atoms with Crippen molar-refractivity contribution >= 4 is 23.3 Å². The van der Waals surface area contributed by atoms with Crippen molar-refractivity contribution in [3.05, 3.63) is 21.9 Å². The lowest BCUT2D eigenvalue weighted by Crippen LogP contribution is -2.48. The van der Waals surface area contributed by atoms with Crippen LogP contribution >= 0.6 is 11.3 Å². The summed E-state index contributed by atoms with van der Waals surface area (Å²) < 4.78 is 0. The summed E-state index contributed by atoms with van der Waals surface area (Å²) in [5.74, 6) is -1.22. The van der Waals surface area contributed by atoms with E-state index in [4.69, 9.17) is 5.11 Å². The van der Waals surface area contributed by atoms with Gasteiger partial charge in [-0.1, -0.05) is 0 Å². The zero-order chi connectivity index (χ0) is 14.8. The molecule has 2 N–H and O–H groups in total. The molecule has 3 rings (SSSR count). The number of hydrogen-bond donors (Lipinski definition) is 2. The molecule has 0 spiro atoms. The molecule has 114 valence electrons. The molecule has 1 fully saturated rings. The standard InChI is InChI=1S/C15H20N2O3S/c18-14(19)10-3-2-7-17(9-10)15(20)16-12-4-1-5-13-11(12)6-8-21-13/h6,8,10,12H,1-5,7,9H2,(H,16,20)(H,18,19). The molecule has 2 aliphatic rings. The Labute approximate surface area is 128 Å². The minimum absolute atomic E-state index is 0.0812. The normalized spacial score (nSPS) is 25.2. The van der Waals surface area contributed by atoms with Gasteiger partial charge in [0.1, 0.15) is 0 Å². The van der Waals surface area contributed by atoms with Crippen LogP contribution in [0.2, 0.25) is 0 Å². The number of carbonyl (C=O) groups is 2. The van der Waals surface area contributed by atoms with Gasteiger partial charge < -0.3 is 15.3 Å². The second kappa shape index (κ2) is 6.05. The molecular formula is C15H20N2O3S. The van der Waals surface area contributed by atoms with Gasteiger partial charge in [-0.05, 0) is 49.1 Å². The van der Waals surface area contributed by atoms with Crippen LogP contribution in [-0.4, -0.2) is 35.1 Å². The van der Waals surface area contributed by atoms with E-state index in [1.54, 1.807) is 16.2 Å². The Kier molecular flexibility index (Phi) is 4.14. The zero-order valence-electron chi connectivity index (χ0n) is 11.9. The summed E-state index contributed by atoms with van der Waals surface area (Å²) in [5, 5.41) is 14.3. The predicted octanol–water partition coefficient (Wildman–Crippen LogP) is 2.63. The van der Waals surface area contributed by atoms with E-state index in [9.17, 15) is 9.59 Å². The van der Waals surface area contributed by atoms with Crippen molar-refractivity contribution in [2.75, 3.05) is 13.1 Å². The molecular weight excluding hydrogens is 288 g/mol. The maximum atomic E-state index is 12.4. The van der Waals surface area contributed by atoms with Crippen LogP contribution in [0.3, 0.4) is 0 Å². The Hall–Kier alpha value is -1.56. The zero-order valence-corrected chi connectivity index (χ0v) is 12.7. The van der Waals surface area contributed by atoms with Crippen LogP contribution in [-0.2, 0) is 11.2 Å². The van der Waals surface area contributed by atoms with Crippen molar-refractivity contribution in [1.82, 2.24) is 10.2 Å². The Morgan fingerprint density at radius 2 is 2.19 bits per heavy atom. The van der Waals surface area contributed by atoms with Gasteiger partial charge in [-0.3, -0.25) is 4.79 Å². The summed E-state index contributed by atoms with van der Waals surface area (Å²) in [6.45, 7) is 0.975. The average Bonchev–Trinajstić information content (AvgIpc) is 2.97. The van der Waals surface area contributed by atoms with Crippen molar-refractivity contribution in [2.45, 2.75) is 38.1 Å². The van der Waals surface area contributed by atoms with E-state index in [-0.39, 0.29) is 12.1 Å². The largest absolute Gasteiger partial charge is 0.481 e. The first-order chi connectivity index (χ1) is 10.1. The molecule has 21 heavy (non-hydrogen) atoms. The summed E-state index contributed by atoms with van der Waals surface area (Å²) in [5.41, 5.74) is 1.24. The monoisotopic (exact) mass is 308 g/mol. The Morgan fingerprint density at radius 3 is 3.00 bits per heavy atom. The highest BCUT2D eigenvalue weighted by molar-refractivity contribution is 7.10. The number of aryl methyl sites for hydroxylation is 1. The fraction of sp³-hybridized carbons (Fsp3) is 0.600. The van der Waals surface area contributed by atoms with E-state index in [1.165, 1.54) is 10.4 Å². The molecule has 1 aliphatic heterocycles. The van der Waals surface area contributed by atoms with E-state index in [0.29, 0.717) is 19.5 Å². The highest BCUT2D eigenvalue weighted by Gasteiger charge is 2.30. The first-order valence-corrected chi connectivity index (χ1v) is 8.37. The van der Waals surface area contributed by atoms with Gasteiger partial charge in [0.15, 0.2) is 0 Å². The number of nitrogens with one attached hydrogen (secondary N) is 1. The van der Waals surface area contributed by atoms with Gasteiger partial charge in [-0.15, -0.1) is 11.3 Å². The van der Waals surface area contributed by atoms with Gasteiger partial charge in [-0.25, -0.2) is 4.79 Å². The van der Waals surface area contributed by atoms with Crippen molar-refractivity contribution < 1.29 is 14.7 Å². The number of likely N-dealkylation sites (tertiary alicyclic amines) is 1. The maximum absolute atomic E-state index is 12.4. The van der Waals surface area contributed by atoms with E-state index in [1.807, 2.05) is 0 Å². The number of amides is 2. The minimum Gasteiger partial charge on any atom is -0.481 e. The number of carbonyl (C=O) groups excluding carboxylic acids is 1. The van der Waals surface area contributed by atoms with Crippen LogP contribution in [0.5, 0.6) is 0 Å². The van der Waals surface area contributed by atoms with Crippen LogP contribution in [0.4, 0.5) is 4.79 Å². The van der Waals surface area contributed by atoms with Gasteiger partial charge >= 0.3 is 12.0 Å². The number of thiophene rings is 1. The molecule has 1 saturated heterocycles. The van der Waals surface area contributed by atoms with Crippen LogP contribution in [0.15, 0.2) is 11.4 Å². The molecule has 2 amide bonds. The number of urea groups is 1. The van der Waals surface area contributed by atoms with Crippen LogP contribution in [0.1, 0.15) is 42.2 Å². The first kappa shape index (κ1) is 14.4. The maximum Gasteiger partial charge on any atom is 0.317 e. The number of rotatable bonds is 2. The molecule has 2 heterocycles. The summed E-state index contributed by atoms with van der Waals surface area (Å²) in [7, 11) is 0. The van der Waals surface area contributed by atoms with Crippen molar-refractivity contribution in [3.63, 3.8) is 0 Å². The van der Waals surface area contributed by atoms with Gasteiger partial charge in [0, 0.05) is 18.0 Å². The van der Waals surface area contributed by atoms with E-state index >= 15 is 0 Å². The highest BCUT2D eigenvalue weighted by atomic mass is 32.1. The number of aliphatic carboxylic acids is 1. The topological polar surface area (TPSA) is 69.6 Å². The lowest BCUT2D eigenvalue weighted by Gasteiger charge is -2.33. The lowest BCUT2D eigenvalue weighted by atomic mass is 9.94. The highest BCUT2D eigenvalue weighted by Crippen LogP contribution is 2.33. The fourth-order valence-corrected chi connectivity index (χ4v) is 4.23. The number of nitrogens with zero attached hydrogens (tertiary/aromatic N) is 1. The SMILES string of the molecule is O=C(O)C1CCCN(C(=O)NC2CCCc3sccc32)C1. The third-order valence-electron chi connectivity index (χ3n) is 4.41. The third-order valence-corrected chi connectivity index (χ3v) is 5.40. The van der Waals surface area contributed by atoms with Gasteiger partial charge in [0.2, 0.25) is 0 Å². The van der Waals surface area contributed by atoms with Crippen LogP contribution in [0, 0.1) is 5.92 Å². The van der Waals surface area contributed by atoms with Crippen LogP contribution in [0.25, 0.3) is 0 Å².